The Hall–Kier alpha value is -1.64. The summed E-state index contributed by atoms with van der Waals surface area (Å²) in [5, 5.41) is 2.79. The second-order valence-electron chi connectivity index (χ2n) is 7.52. The smallest absolute Gasteiger partial charge is 0.307 e. The number of carbonyl (C=O) groups is 1. The van der Waals surface area contributed by atoms with Crippen LogP contribution in [0.1, 0.15) is 57.6 Å². The number of para-hydroxylation sites is 1. The minimum atomic E-state index is -3.86. The second-order valence-corrected chi connectivity index (χ2v) is 9.19. The summed E-state index contributed by atoms with van der Waals surface area (Å²) in [5.41, 5.74) is 2.68. The third-order valence-electron chi connectivity index (χ3n) is 4.95. The van der Waals surface area contributed by atoms with Gasteiger partial charge in [-0.1, -0.05) is 52.8 Å². The molecule has 0 spiro atoms. The van der Waals surface area contributed by atoms with Crippen LogP contribution in [0.4, 0.5) is 10.5 Å². The van der Waals surface area contributed by atoms with E-state index in [-0.39, 0.29) is 11.8 Å². The van der Waals surface area contributed by atoms with Gasteiger partial charge >= 0.3 is 16.2 Å². The van der Waals surface area contributed by atoms with E-state index < -0.39 is 16.2 Å². The number of likely N-dealkylation sites (N-methyl/N-ethyl adjacent to an activating group) is 1. The molecule has 2 rings (SSSR count). The normalized spacial score (nSPS) is 16.7. The van der Waals surface area contributed by atoms with Crippen LogP contribution in [-0.2, 0) is 10.2 Å². The van der Waals surface area contributed by atoms with Gasteiger partial charge in [0, 0.05) is 31.9 Å². The maximum atomic E-state index is 12.6. The Labute approximate surface area is 163 Å². The van der Waals surface area contributed by atoms with Crippen LogP contribution in [0.2, 0.25) is 0 Å². The molecule has 2 N–H and O–H groups in total. The van der Waals surface area contributed by atoms with Crippen molar-refractivity contribution in [1.29, 1.82) is 0 Å². The highest BCUT2D eigenvalue weighted by Gasteiger charge is 2.28. The highest BCUT2D eigenvalue weighted by Crippen LogP contribution is 2.32. The Morgan fingerprint density at radius 2 is 1.56 bits per heavy atom. The average Bonchev–Trinajstić information content (AvgIpc) is 2.61. The zero-order valence-electron chi connectivity index (χ0n) is 16.9. The van der Waals surface area contributed by atoms with Crippen molar-refractivity contribution < 1.29 is 13.2 Å². The van der Waals surface area contributed by atoms with E-state index in [1.54, 1.807) is 0 Å². The summed E-state index contributed by atoms with van der Waals surface area (Å²) in [6.07, 6.45) is 0. The molecule has 1 aliphatic rings. The van der Waals surface area contributed by atoms with Gasteiger partial charge in [0.1, 0.15) is 0 Å². The summed E-state index contributed by atoms with van der Waals surface area (Å²) in [5.74, 6) is 0.412. The number of carbonyl (C=O) groups excluding carboxylic acids is 1. The van der Waals surface area contributed by atoms with Gasteiger partial charge in [0.25, 0.3) is 0 Å². The maximum absolute atomic E-state index is 12.6. The molecule has 1 heterocycles. The fourth-order valence-electron chi connectivity index (χ4n) is 3.30. The molecule has 0 unspecified atom stereocenters. The van der Waals surface area contributed by atoms with Crippen molar-refractivity contribution in [2.75, 3.05) is 38.0 Å². The highest BCUT2D eigenvalue weighted by atomic mass is 32.2. The molecule has 1 fully saturated rings. The zero-order valence-corrected chi connectivity index (χ0v) is 17.8. The third-order valence-corrected chi connectivity index (χ3v) is 6.44. The fraction of sp³-hybridized carbons (Fsp3) is 0.632. The number of hydrogen-bond donors (Lipinski definition) is 2. The van der Waals surface area contributed by atoms with E-state index >= 15 is 0 Å². The van der Waals surface area contributed by atoms with Gasteiger partial charge in [-0.2, -0.15) is 12.7 Å². The number of benzene rings is 1. The minimum Gasteiger partial charge on any atom is -0.307 e. The van der Waals surface area contributed by atoms with Gasteiger partial charge in [-0.15, -0.1) is 0 Å². The molecule has 0 atom stereocenters. The molecule has 7 nitrogen and oxygen atoms in total. The molecule has 2 amide bonds. The number of anilines is 1. The molecule has 152 valence electrons. The molecular formula is C19H32N4O3S. The molecule has 0 aromatic heterocycles. The van der Waals surface area contributed by atoms with Gasteiger partial charge in [-0.3, -0.25) is 0 Å². The molecule has 0 bridgehead atoms. The molecule has 1 aromatic carbocycles. The Kier molecular flexibility index (Phi) is 7.25. The maximum Gasteiger partial charge on any atom is 0.333 e. The van der Waals surface area contributed by atoms with Crippen LogP contribution in [-0.4, -0.2) is 56.4 Å². The molecule has 1 aliphatic heterocycles. The van der Waals surface area contributed by atoms with Crippen molar-refractivity contribution in [2.45, 2.75) is 46.5 Å². The second kappa shape index (κ2) is 9.03. The number of amides is 2. The summed E-state index contributed by atoms with van der Waals surface area (Å²) in [6, 6.07) is 5.18. The summed E-state index contributed by atoms with van der Waals surface area (Å²) >= 11 is 0. The molecular weight excluding hydrogens is 364 g/mol. The van der Waals surface area contributed by atoms with Crippen LogP contribution < -0.4 is 10.0 Å². The first-order valence-corrected chi connectivity index (χ1v) is 11.0. The van der Waals surface area contributed by atoms with Gasteiger partial charge in [-0.25, -0.2) is 9.52 Å². The van der Waals surface area contributed by atoms with Crippen LogP contribution in [0.25, 0.3) is 0 Å². The predicted molar refractivity (Wildman–Crippen MR) is 109 cm³/mol. The Balaban J connectivity index is 2.14. The van der Waals surface area contributed by atoms with E-state index in [2.05, 4.69) is 14.9 Å². The highest BCUT2D eigenvalue weighted by molar-refractivity contribution is 7.87. The summed E-state index contributed by atoms with van der Waals surface area (Å²) < 4.78 is 28.6. The van der Waals surface area contributed by atoms with Gasteiger partial charge < -0.3 is 10.2 Å². The van der Waals surface area contributed by atoms with Gasteiger partial charge in [0.2, 0.25) is 0 Å². The van der Waals surface area contributed by atoms with Gasteiger partial charge in [0.05, 0.1) is 0 Å². The summed E-state index contributed by atoms with van der Waals surface area (Å²) in [7, 11) is -3.86. The molecule has 1 saturated heterocycles. The van der Waals surface area contributed by atoms with E-state index in [9.17, 15) is 13.2 Å². The lowest BCUT2D eigenvalue weighted by atomic mass is 9.93. The van der Waals surface area contributed by atoms with E-state index in [4.69, 9.17) is 0 Å². The first-order valence-electron chi connectivity index (χ1n) is 9.59. The number of nitrogens with zero attached hydrogens (tertiary/aromatic N) is 2. The van der Waals surface area contributed by atoms with E-state index in [0.717, 1.165) is 17.7 Å². The zero-order chi connectivity index (χ0) is 20.2. The minimum absolute atomic E-state index is 0.206. The molecule has 0 aliphatic carbocycles. The van der Waals surface area contributed by atoms with E-state index in [1.165, 1.54) is 4.31 Å². The topological polar surface area (TPSA) is 81.8 Å². The molecule has 8 heteroatoms. The predicted octanol–water partition coefficient (Wildman–Crippen LogP) is 2.94. The Bertz CT molecular complexity index is 728. The lowest BCUT2D eigenvalue weighted by molar-refractivity contribution is 0.195. The van der Waals surface area contributed by atoms with Crippen molar-refractivity contribution in [3.63, 3.8) is 0 Å². The molecule has 0 saturated carbocycles. The summed E-state index contributed by atoms with van der Waals surface area (Å²) in [4.78, 5) is 14.7. The Morgan fingerprint density at radius 3 is 2.00 bits per heavy atom. The monoisotopic (exact) mass is 396 g/mol. The fourth-order valence-corrected chi connectivity index (χ4v) is 4.36. The Morgan fingerprint density at radius 1 is 1.04 bits per heavy atom. The van der Waals surface area contributed by atoms with Gasteiger partial charge in [0.15, 0.2) is 0 Å². The van der Waals surface area contributed by atoms with Crippen LogP contribution in [0.3, 0.4) is 0 Å². The van der Waals surface area contributed by atoms with Crippen LogP contribution >= 0.6 is 0 Å². The van der Waals surface area contributed by atoms with Gasteiger partial charge in [-0.05, 0) is 29.5 Å². The number of hydrogen-bond acceptors (Lipinski definition) is 4. The number of piperazine rings is 1. The number of nitrogens with one attached hydrogen (secondary N) is 2. The van der Waals surface area contributed by atoms with Crippen LogP contribution in [0.5, 0.6) is 0 Å². The lowest BCUT2D eigenvalue weighted by Crippen LogP contribution is -2.53. The molecule has 1 aromatic rings. The third kappa shape index (κ3) is 5.43. The summed E-state index contributed by atoms with van der Waals surface area (Å²) in [6.45, 7) is 13.3. The first kappa shape index (κ1) is 21.7. The van der Waals surface area contributed by atoms with E-state index in [1.807, 2.05) is 52.8 Å². The van der Waals surface area contributed by atoms with Crippen molar-refractivity contribution in [1.82, 2.24) is 13.9 Å². The van der Waals surface area contributed by atoms with Crippen molar-refractivity contribution in [2.24, 2.45) is 0 Å². The van der Waals surface area contributed by atoms with Crippen molar-refractivity contribution in [3.05, 3.63) is 29.3 Å². The number of rotatable bonds is 6. The van der Waals surface area contributed by atoms with Crippen LogP contribution in [0.15, 0.2) is 18.2 Å². The molecule has 0 radical (unpaired) electrons. The molecule has 27 heavy (non-hydrogen) atoms. The van der Waals surface area contributed by atoms with Crippen LogP contribution in [0, 0.1) is 0 Å². The first-order chi connectivity index (χ1) is 12.7. The lowest BCUT2D eigenvalue weighted by Gasteiger charge is -2.33. The standard InChI is InChI=1S/C19H32N4O3S/c1-6-22-10-12-23(13-11-22)27(25,26)21-19(24)20-18-16(14(2)3)8-7-9-17(18)15(4)5/h7-9,14-15H,6,10-13H2,1-5H3,(H2,20,21,24). The average molecular weight is 397 g/mol. The van der Waals surface area contributed by atoms with E-state index in [0.29, 0.717) is 31.9 Å². The SMILES string of the molecule is CCN1CCN(S(=O)(=O)NC(=O)Nc2c(C(C)C)cccc2C(C)C)CC1. The largest absolute Gasteiger partial charge is 0.333 e. The van der Waals surface area contributed by atoms with Crippen molar-refractivity contribution in [3.8, 4) is 0 Å². The van der Waals surface area contributed by atoms with Crippen molar-refractivity contribution >= 4 is 21.9 Å². The quantitative estimate of drug-likeness (QED) is 0.775. The number of urea groups is 1.